The van der Waals surface area contributed by atoms with Gasteiger partial charge in [0.2, 0.25) is 0 Å². The minimum absolute atomic E-state index is 0.545. The number of aryl methyl sites for hydroxylation is 1. The van der Waals surface area contributed by atoms with Crippen molar-refractivity contribution >= 4 is 34.2 Å². The summed E-state index contributed by atoms with van der Waals surface area (Å²) >= 11 is 12.2. The van der Waals surface area contributed by atoms with Gasteiger partial charge in [0.15, 0.2) is 0 Å². The summed E-state index contributed by atoms with van der Waals surface area (Å²) in [6, 6.07) is 6.46. The molecule has 2 aromatic rings. The third kappa shape index (κ3) is 1.92. The standard InChI is InChI=1S/C14H16Cl2N2/c1-9-7-10(8-9)18-13(5-6-15)17-12-4-2-3-11(16)14(12)18/h2-4,9-10H,5-8H2,1H3. The maximum Gasteiger partial charge on any atom is 0.111 e. The molecule has 1 saturated carbocycles. The summed E-state index contributed by atoms with van der Waals surface area (Å²) in [5.74, 6) is 2.48. The summed E-state index contributed by atoms with van der Waals surface area (Å²) in [4.78, 5) is 4.69. The maximum absolute atomic E-state index is 6.34. The molecule has 0 bridgehead atoms. The Bertz CT molecular complexity index is 570. The van der Waals surface area contributed by atoms with Crippen LogP contribution in [0.25, 0.3) is 11.0 Å². The predicted molar refractivity (Wildman–Crippen MR) is 76.6 cm³/mol. The Morgan fingerprint density at radius 2 is 2.17 bits per heavy atom. The zero-order valence-electron chi connectivity index (χ0n) is 10.4. The summed E-state index contributed by atoms with van der Waals surface area (Å²) < 4.78 is 2.32. The molecule has 1 aromatic carbocycles. The molecule has 0 unspecified atom stereocenters. The smallest absolute Gasteiger partial charge is 0.111 e. The fourth-order valence-electron chi connectivity index (χ4n) is 2.88. The van der Waals surface area contributed by atoms with Gasteiger partial charge in [-0.1, -0.05) is 24.6 Å². The van der Waals surface area contributed by atoms with E-state index in [9.17, 15) is 0 Å². The van der Waals surface area contributed by atoms with E-state index in [-0.39, 0.29) is 0 Å². The first-order valence-corrected chi connectivity index (χ1v) is 7.33. The lowest BCUT2D eigenvalue weighted by Crippen LogP contribution is -2.26. The molecule has 3 rings (SSSR count). The van der Waals surface area contributed by atoms with Gasteiger partial charge in [-0.05, 0) is 30.9 Å². The van der Waals surface area contributed by atoms with Crippen molar-refractivity contribution in [2.24, 2.45) is 5.92 Å². The molecular weight excluding hydrogens is 267 g/mol. The first kappa shape index (κ1) is 12.3. The van der Waals surface area contributed by atoms with Crippen molar-refractivity contribution in [1.29, 1.82) is 0 Å². The lowest BCUT2D eigenvalue weighted by atomic mass is 9.81. The van der Waals surface area contributed by atoms with Crippen molar-refractivity contribution in [3.8, 4) is 0 Å². The minimum atomic E-state index is 0.545. The van der Waals surface area contributed by atoms with Gasteiger partial charge in [-0.25, -0.2) is 4.98 Å². The molecule has 0 spiro atoms. The zero-order chi connectivity index (χ0) is 12.7. The molecule has 1 heterocycles. The van der Waals surface area contributed by atoms with E-state index in [0.29, 0.717) is 11.9 Å². The molecule has 18 heavy (non-hydrogen) atoms. The molecule has 1 aliphatic rings. The average Bonchev–Trinajstić information content (AvgIpc) is 2.65. The number of rotatable bonds is 3. The largest absolute Gasteiger partial charge is 0.324 e. The molecular formula is C14H16Cl2N2. The summed E-state index contributed by atoms with van der Waals surface area (Å²) in [7, 11) is 0. The van der Waals surface area contributed by atoms with Crippen molar-refractivity contribution in [2.75, 3.05) is 5.88 Å². The highest BCUT2D eigenvalue weighted by atomic mass is 35.5. The third-order valence-corrected chi connectivity index (χ3v) is 4.26. The number of benzene rings is 1. The lowest BCUT2D eigenvalue weighted by molar-refractivity contribution is 0.217. The predicted octanol–water partition coefficient (Wildman–Crippen LogP) is 4.44. The molecule has 96 valence electrons. The Morgan fingerprint density at radius 3 is 2.83 bits per heavy atom. The average molecular weight is 283 g/mol. The van der Waals surface area contributed by atoms with Gasteiger partial charge in [-0.15, -0.1) is 11.6 Å². The van der Waals surface area contributed by atoms with Crippen LogP contribution in [0.5, 0.6) is 0 Å². The van der Waals surface area contributed by atoms with Crippen LogP contribution in [-0.4, -0.2) is 15.4 Å². The van der Waals surface area contributed by atoms with Gasteiger partial charge in [-0.2, -0.15) is 0 Å². The van der Waals surface area contributed by atoms with Gasteiger partial charge in [0.25, 0.3) is 0 Å². The summed E-state index contributed by atoms with van der Waals surface area (Å²) in [5, 5.41) is 0.792. The van der Waals surface area contributed by atoms with E-state index in [4.69, 9.17) is 23.2 Å². The zero-order valence-corrected chi connectivity index (χ0v) is 11.9. The van der Waals surface area contributed by atoms with Crippen molar-refractivity contribution in [1.82, 2.24) is 9.55 Å². The fraction of sp³-hybridized carbons (Fsp3) is 0.500. The molecule has 0 saturated heterocycles. The summed E-state index contributed by atoms with van der Waals surface area (Å²) in [6.07, 6.45) is 3.23. The van der Waals surface area contributed by atoms with Gasteiger partial charge in [-0.3, -0.25) is 0 Å². The van der Waals surface area contributed by atoms with Crippen LogP contribution >= 0.6 is 23.2 Å². The molecule has 1 fully saturated rings. The number of para-hydroxylation sites is 1. The Kier molecular flexibility index (Phi) is 3.25. The summed E-state index contributed by atoms with van der Waals surface area (Å²) in [5.41, 5.74) is 2.07. The maximum atomic E-state index is 6.34. The highest BCUT2D eigenvalue weighted by Gasteiger charge is 2.30. The number of alkyl halides is 1. The Balaban J connectivity index is 2.15. The molecule has 1 aliphatic carbocycles. The monoisotopic (exact) mass is 282 g/mol. The summed E-state index contributed by atoms with van der Waals surface area (Å²) in [6.45, 7) is 2.29. The van der Waals surface area contributed by atoms with Crippen LogP contribution in [0, 0.1) is 5.92 Å². The molecule has 0 aliphatic heterocycles. The van der Waals surface area contributed by atoms with E-state index >= 15 is 0 Å². The second-order valence-electron chi connectivity index (χ2n) is 5.17. The second-order valence-corrected chi connectivity index (χ2v) is 5.96. The van der Waals surface area contributed by atoms with Crippen LogP contribution in [0.15, 0.2) is 18.2 Å². The minimum Gasteiger partial charge on any atom is -0.324 e. The first-order valence-electron chi connectivity index (χ1n) is 6.42. The highest BCUT2D eigenvalue weighted by molar-refractivity contribution is 6.35. The van der Waals surface area contributed by atoms with Gasteiger partial charge >= 0.3 is 0 Å². The van der Waals surface area contributed by atoms with E-state index in [0.717, 1.165) is 34.2 Å². The van der Waals surface area contributed by atoms with Crippen LogP contribution in [0.2, 0.25) is 5.02 Å². The highest BCUT2D eigenvalue weighted by Crippen LogP contribution is 2.41. The van der Waals surface area contributed by atoms with E-state index in [1.54, 1.807) is 0 Å². The lowest BCUT2D eigenvalue weighted by Gasteiger charge is -2.35. The van der Waals surface area contributed by atoms with Crippen molar-refractivity contribution < 1.29 is 0 Å². The van der Waals surface area contributed by atoms with E-state index < -0.39 is 0 Å². The van der Waals surface area contributed by atoms with Crippen LogP contribution in [0.4, 0.5) is 0 Å². The Labute approximate surface area is 117 Å². The van der Waals surface area contributed by atoms with Gasteiger partial charge in [0.05, 0.1) is 16.1 Å². The SMILES string of the molecule is CC1CC(n2c(CCCl)nc3cccc(Cl)c32)C1. The van der Waals surface area contributed by atoms with Gasteiger partial charge in [0.1, 0.15) is 5.82 Å². The van der Waals surface area contributed by atoms with Crippen molar-refractivity contribution in [3.05, 3.63) is 29.0 Å². The second kappa shape index (κ2) is 4.75. The number of imidazole rings is 1. The van der Waals surface area contributed by atoms with Crippen LogP contribution < -0.4 is 0 Å². The van der Waals surface area contributed by atoms with Crippen molar-refractivity contribution in [2.45, 2.75) is 32.2 Å². The molecule has 0 N–H and O–H groups in total. The van der Waals surface area contributed by atoms with Gasteiger partial charge < -0.3 is 4.57 Å². The topological polar surface area (TPSA) is 17.8 Å². The number of aromatic nitrogens is 2. The number of hydrogen-bond donors (Lipinski definition) is 0. The number of nitrogens with zero attached hydrogens (tertiary/aromatic N) is 2. The fourth-order valence-corrected chi connectivity index (χ4v) is 3.31. The van der Waals surface area contributed by atoms with Crippen molar-refractivity contribution in [3.63, 3.8) is 0 Å². The number of halogens is 2. The normalized spacial score (nSPS) is 23.3. The van der Waals surface area contributed by atoms with Crippen LogP contribution in [0.1, 0.15) is 31.6 Å². The molecule has 1 aromatic heterocycles. The van der Waals surface area contributed by atoms with Crippen LogP contribution in [0.3, 0.4) is 0 Å². The Morgan fingerprint density at radius 1 is 1.39 bits per heavy atom. The quantitative estimate of drug-likeness (QED) is 0.761. The van der Waals surface area contributed by atoms with Crippen LogP contribution in [-0.2, 0) is 6.42 Å². The molecule has 2 nitrogen and oxygen atoms in total. The van der Waals surface area contributed by atoms with E-state index in [1.807, 2.05) is 18.2 Å². The third-order valence-electron chi connectivity index (χ3n) is 3.77. The van der Waals surface area contributed by atoms with Gasteiger partial charge in [0, 0.05) is 18.3 Å². The molecule has 0 amide bonds. The van der Waals surface area contributed by atoms with E-state index in [2.05, 4.69) is 16.5 Å². The number of fused-ring (bicyclic) bond motifs is 1. The number of hydrogen-bond acceptors (Lipinski definition) is 1. The molecule has 0 atom stereocenters. The van der Waals surface area contributed by atoms with E-state index in [1.165, 1.54) is 12.8 Å². The Hall–Kier alpha value is -0.730. The first-order chi connectivity index (χ1) is 8.70. The molecule has 0 radical (unpaired) electrons. The molecule has 4 heteroatoms.